The normalized spacial score (nSPS) is 10.0. The number of nitrogens with zero attached hydrogens (tertiary/aromatic N) is 2. The SMILES string of the molecule is C=C(Cl)Cn1ccnc1CC. The molecule has 0 spiro atoms. The Morgan fingerprint density at radius 1 is 1.82 bits per heavy atom. The van der Waals surface area contributed by atoms with E-state index < -0.39 is 0 Å². The van der Waals surface area contributed by atoms with E-state index in [1.807, 2.05) is 10.8 Å². The molecule has 0 N–H and O–H groups in total. The van der Waals surface area contributed by atoms with E-state index in [9.17, 15) is 0 Å². The predicted octanol–water partition coefficient (Wildman–Crippen LogP) is 2.20. The fourth-order valence-electron chi connectivity index (χ4n) is 0.983. The van der Waals surface area contributed by atoms with Crippen LogP contribution in [-0.4, -0.2) is 9.55 Å². The van der Waals surface area contributed by atoms with Gasteiger partial charge in [-0.1, -0.05) is 25.1 Å². The lowest BCUT2D eigenvalue weighted by molar-refractivity contribution is 0.741. The summed E-state index contributed by atoms with van der Waals surface area (Å²) in [4.78, 5) is 4.15. The largest absolute Gasteiger partial charge is 0.330 e. The molecule has 0 amide bonds. The first-order valence-corrected chi connectivity index (χ1v) is 3.95. The van der Waals surface area contributed by atoms with Crippen molar-refractivity contribution in [3.05, 3.63) is 29.8 Å². The van der Waals surface area contributed by atoms with E-state index in [4.69, 9.17) is 11.6 Å². The van der Waals surface area contributed by atoms with Crippen LogP contribution < -0.4 is 0 Å². The molecule has 1 heterocycles. The minimum absolute atomic E-state index is 0.637. The van der Waals surface area contributed by atoms with Gasteiger partial charge in [-0.3, -0.25) is 0 Å². The Morgan fingerprint density at radius 3 is 3.09 bits per heavy atom. The summed E-state index contributed by atoms with van der Waals surface area (Å²) < 4.78 is 2.00. The average molecular weight is 171 g/mol. The highest BCUT2D eigenvalue weighted by atomic mass is 35.5. The van der Waals surface area contributed by atoms with E-state index >= 15 is 0 Å². The summed E-state index contributed by atoms with van der Waals surface area (Å²) in [6.45, 7) is 6.35. The van der Waals surface area contributed by atoms with Crippen LogP contribution in [0.1, 0.15) is 12.7 Å². The number of hydrogen-bond donors (Lipinski definition) is 0. The molecule has 0 atom stereocenters. The molecule has 1 aromatic rings. The molecule has 60 valence electrons. The first-order chi connectivity index (χ1) is 5.24. The fraction of sp³-hybridized carbons (Fsp3) is 0.375. The molecular formula is C8H11ClN2. The van der Waals surface area contributed by atoms with Gasteiger partial charge in [0.05, 0.1) is 6.54 Å². The Balaban J connectivity index is 2.76. The van der Waals surface area contributed by atoms with E-state index in [-0.39, 0.29) is 0 Å². The van der Waals surface area contributed by atoms with Crippen LogP contribution in [0, 0.1) is 0 Å². The van der Waals surface area contributed by atoms with Crippen LogP contribution in [-0.2, 0) is 13.0 Å². The van der Waals surface area contributed by atoms with Crippen molar-refractivity contribution in [2.75, 3.05) is 0 Å². The van der Waals surface area contributed by atoms with Crippen molar-refractivity contribution in [3.63, 3.8) is 0 Å². The maximum absolute atomic E-state index is 5.66. The van der Waals surface area contributed by atoms with Crippen molar-refractivity contribution in [2.45, 2.75) is 19.9 Å². The number of allylic oxidation sites excluding steroid dienone is 1. The number of imidazole rings is 1. The van der Waals surface area contributed by atoms with Gasteiger partial charge < -0.3 is 4.57 Å². The lowest BCUT2D eigenvalue weighted by atomic mass is 10.4. The highest BCUT2D eigenvalue weighted by Crippen LogP contribution is 2.05. The molecule has 11 heavy (non-hydrogen) atoms. The van der Waals surface area contributed by atoms with Crippen LogP contribution in [0.5, 0.6) is 0 Å². The predicted molar refractivity (Wildman–Crippen MR) is 46.6 cm³/mol. The number of halogens is 1. The second-order valence-corrected chi connectivity index (χ2v) is 2.88. The molecule has 0 aliphatic heterocycles. The summed E-state index contributed by atoms with van der Waals surface area (Å²) in [5, 5.41) is 0.637. The minimum atomic E-state index is 0.637. The van der Waals surface area contributed by atoms with Gasteiger partial charge in [0.25, 0.3) is 0 Å². The smallest absolute Gasteiger partial charge is 0.108 e. The van der Waals surface area contributed by atoms with E-state index in [2.05, 4.69) is 18.5 Å². The third kappa shape index (κ3) is 2.09. The second kappa shape index (κ2) is 3.58. The van der Waals surface area contributed by atoms with Gasteiger partial charge in [0, 0.05) is 23.8 Å². The zero-order chi connectivity index (χ0) is 8.27. The minimum Gasteiger partial charge on any atom is -0.330 e. The number of hydrogen-bond acceptors (Lipinski definition) is 1. The fourth-order valence-corrected chi connectivity index (χ4v) is 1.11. The Hall–Kier alpha value is -0.760. The number of aryl methyl sites for hydroxylation is 1. The monoisotopic (exact) mass is 170 g/mol. The molecule has 0 unspecified atom stereocenters. The number of rotatable bonds is 3. The van der Waals surface area contributed by atoms with Crippen molar-refractivity contribution in [1.82, 2.24) is 9.55 Å². The van der Waals surface area contributed by atoms with Gasteiger partial charge in [-0.05, 0) is 0 Å². The molecule has 0 aromatic carbocycles. The highest BCUT2D eigenvalue weighted by molar-refractivity contribution is 6.29. The topological polar surface area (TPSA) is 17.8 Å². The van der Waals surface area contributed by atoms with Gasteiger partial charge in [-0.15, -0.1) is 0 Å². The molecule has 0 bridgehead atoms. The van der Waals surface area contributed by atoms with Crippen LogP contribution in [0.2, 0.25) is 0 Å². The molecule has 0 fully saturated rings. The van der Waals surface area contributed by atoms with Crippen LogP contribution in [0.25, 0.3) is 0 Å². The molecular weight excluding hydrogens is 160 g/mol. The summed E-state index contributed by atoms with van der Waals surface area (Å²) in [7, 11) is 0. The van der Waals surface area contributed by atoms with Crippen LogP contribution >= 0.6 is 11.6 Å². The quantitative estimate of drug-likeness (QED) is 0.680. The van der Waals surface area contributed by atoms with Gasteiger partial charge in [-0.2, -0.15) is 0 Å². The molecule has 2 nitrogen and oxygen atoms in total. The van der Waals surface area contributed by atoms with Gasteiger partial charge in [0.1, 0.15) is 5.82 Å². The Bertz CT molecular complexity index is 252. The summed E-state index contributed by atoms with van der Waals surface area (Å²) in [5.41, 5.74) is 0. The first kappa shape index (κ1) is 8.34. The summed E-state index contributed by atoms with van der Waals surface area (Å²) >= 11 is 5.66. The first-order valence-electron chi connectivity index (χ1n) is 3.57. The zero-order valence-corrected chi connectivity index (χ0v) is 7.30. The standard InChI is InChI=1S/C8H11ClN2/c1-3-8-10-4-5-11(8)6-7(2)9/h4-5H,2-3,6H2,1H3. The van der Waals surface area contributed by atoms with Crippen molar-refractivity contribution in [3.8, 4) is 0 Å². The lowest BCUT2D eigenvalue weighted by Gasteiger charge is -2.03. The summed E-state index contributed by atoms with van der Waals surface area (Å²) in [5.74, 6) is 1.05. The molecule has 0 aliphatic carbocycles. The molecule has 0 saturated heterocycles. The highest BCUT2D eigenvalue weighted by Gasteiger charge is 1.99. The van der Waals surface area contributed by atoms with Crippen molar-refractivity contribution >= 4 is 11.6 Å². The van der Waals surface area contributed by atoms with E-state index in [0.717, 1.165) is 12.2 Å². The molecule has 0 radical (unpaired) electrons. The molecule has 1 aromatic heterocycles. The van der Waals surface area contributed by atoms with Gasteiger partial charge in [-0.25, -0.2) is 4.98 Å². The zero-order valence-electron chi connectivity index (χ0n) is 6.55. The van der Waals surface area contributed by atoms with Crippen molar-refractivity contribution in [2.24, 2.45) is 0 Å². The van der Waals surface area contributed by atoms with E-state index in [1.54, 1.807) is 6.20 Å². The Morgan fingerprint density at radius 2 is 2.55 bits per heavy atom. The summed E-state index contributed by atoms with van der Waals surface area (Å²) in [6.07, 6.45) is 4.61. The third-order valence-corrected chi connectivity index (χ3v) is 1.58. The van der Waals surface area contributed by atoms with Gasteiger partial charge >= 0.3 is 0 Å². The average Bonchev–Trinajstić information content (AvgIpc) is 2.34. The molecule has 1 rings (SSSR count). The Kier molecular flexibility index (Phi) is 2.71. The maximum Gasteiger partial charge on any atom is 0.108 e. The van der Waals surface area contributed by atoms with Crippen molar-refractivity contribution < 1.29 is 0 Å². The van der Waals surface area contributed by atoms with Gasteiger partial charge in [0.15, 0.2) is 0 Å². The van der Waals surface area contributed by atoms with Crippen LogP contribution in [0.3, 0.4) is 0 Å². The van der Waals surface area contributed by atoms with Crippen LogP contribution in [0.4, 0.5) is 0 Å². The summed E-state index contributed by atoms with van der Waals surface area (Å²) in [6, 6.07) is 0. The van der Waals surface area contributed by atoms with Crippen molar-refractivity contribution in [1.29, 1.82) is 0 Å². The number of aromatic nitrogens is 2. The maximum atomic E-state index is 5.66. The molecule has 0 saturated carbocycles. The van der Waals surface area contributed by atoms with E-state index in [0.29, 0.717) is 11.6 Å². The van der Waals surface area contributed by atoms with Crippen LogP contribution in [0.15, 0.2) is 24.0 Å². The third-order valence-electron chi connectivity index (χ3n) is 1.46. The van der Waals surface area contributed by atoms with E-state index in [1.165, 1.54) is 0 Å². The van der Waals surface area contributed by atoms with Gasteiger partial charge in [0.2, 0.25) is 0 Å². The lowest BCUT2D eigenvalue weighted by Crippen LogP contribution is -2.01. The molecule has 3 heteroatoms. The Labute approximate surface area is 71.5 Å². The second-order valence-electron chi connectivity index (χ2n) is 2.34. The molecule has 0 aliphatic rings.